The van der Waals surface area contributed by atoms with Gasteiger partial charge in [0.05, 0.1) is 34.8 Å². The lowest BCUT2D eigenvalue weighted by atomic mass is 9.85. The average molecular weight is 579 g/mol. The number of carbonyl (C=O) groups is 3. The molecule has 1 aliphatic heterocycles. The highest BCUT2D eigenvalue weighted by Gasteiger charge is 2.39. The van der Waals surface area contributed by atoms with Crippen molar-refractivity contribution in [1.82, 2.24) is 9.88 Å². The molecule has 9 heteroatoms. The van der Waals surface area contributed by atoms with Gasteiger partial charge in [-0.25, -0.2) is 4.98 Å². The molecule has 0 aliphatic carbocycles. The second-order valence-corrected chi connectivity index (χ2v) is 11.9. The average Bonchev–Trinajstić information content (AvgIpc) is 3.56. The van der Waals surface area contributed by atoms with Gasteiger partial charge in [0.15, 0.2) is 5.78 Å². The minimum Gasteiger partial charge on any atom is -0.494 e. The van der Waals surface area contributed by atoms with Crippen molar-refractivity contribution in [2.45, 2.75) is 65.0 Å². The van der Waals surface area contributed by atoms with Crippen LogP contribution < -0.4 is 4.74 Å². The number of aromatic nitrogens is 1. The summed E-state index contributed by atoms with van der Waals surface area (Å²) in [6, 6.07) is 14.5. The fourth-order valence-corrected chi connectivity index (χ4v) is 6.05. The number of thiazole rings is 1. The number of aliphatic carboxylic acids is 1. The first-order valence-corrected chi connectivity index (χ1v) is 15.0. The van der Waals surface area contributed by atoms with Crippen LogP contribution in [0.15, 0.2) is 54.0 Å². The lowest BCUT2D eigenvalue weighted by Gasteiger charge is -2.26. The van der Waals surface area contributed by atoms with Gasteiger partial charge in [0.2, 0.25) is 0 Å². The molecule has 3 aromatic rings. The number of β-amino-alcohol motifs (C(OH)–C–C–N with tert-alkyl or cyclic N) is 1. The van der Waals surface area contributed by atoms with Crippen LogP contribution in [0.4, 0.5) is 0 Å². The van der Waals surface area contributed by atoms with Crippen LogP contribution in [0.25, 0.3) is 10.4 Å². The number of carbonyl (C=O) groups excluding carboxylic acids is 2. The van der Waals surface area contributed by atoms with Crippen LogP contribution in [0, 0.1) is 18.8 Å². The number of Topliss-reactive ketones (excluding diaryl/α,β-unsaturated/α-hetero) is 1. The first-order chi connectivity index (χ1) is 19.6. The smallest absolute Gasteiger partial charge is 0.303 e. The summed E-state index contributed by atoms with van der Waals surface area (Å²) in [6.45, 7) is 6.55. The first kappa shape index (κ1) is 30.4. The van der Waals surface area contributed by atoms with E-state index >= 15 is 0 Å². The Morgan fingerprint density at radius 3 is 2.56 bits per heavy atom. The Labute approximate surface area is 245 Å². The summed E-state index contributed by atoms with van der Waals surface area (Å²) in [5.41, 5.74) is 5.62. The molecular formula is C32H38N2O6S. The molecule has 2 N–H and O–H groups in total. The first-order valence-electron chi connectivity index (χ1n) is 14.1. The van der Waals surface area contributed by atoms with E-state index in [-0.39, 0.29) is 49.5 Å². The summed E-state index contributed by atoms with van der Waals surface area (Å²) in [6.07, 6.45) is 1.01. The molecule has 4 rings (SSSR count). The van der Waals surface area contributed by atoms with E-state index in [0.717, 1.165) is 17.7 Å². The maximum absolute atomic E-state index is 13.4. The highest BCUT2D eigenvalue weighted by atomic mass is 32.1. The molecule has 1 aromatic heterocycles. The monoisotopic (exact) mass is 578 g/mol. The molecule has 1 aliphatic rings. The summed E-state index contributed by atoms with van der Waals surface area (Å²) in [5, 5.41) is 19.2. The zero-order valence-electron chi connectivity index (χ0n) is 23.8. The number of rotatable bonds is 13. The zero-order chi connectivity index (χ0) is 29.5. The van der Waals surface area contributed by atoms with E-state index in [1.54, 1.807) is 35.6 Å². The van der Waals surface area contributed by atoms with E-state index in [4.69, 9.17) is 9.84 Å². The topological polar surface area (TPSA) is 117 Å². The summed E-state index contributed by atoms with van der Waals surface area (Å²) in [7, 11) is 0. The molecule has 0 saturated carbocycles. The Hall–Kier alpha value is -3.56. The van der Waals surface area contributed by atoms with Gasteiger partial charge in [0.1, 0.15) is 5.75 Å². The van der Waals surface area contributed by atoms with Crippen LogP contribution >= 0.6 is 11.3 Å². The lowest BCUT2D eigenvalue weighted by molar-refractivity contribution is -0.137. The molecule has 4 unspecified atom stereocenters. The third kappa shape index (κ3) is 8.01. The summed E-state index contributed by atoms with van der Waals surface area (Å²) >= 11 is 1.63. The highest BCUT2D eigenvalue weighted by molar-refractivity contribution is 7.13. The number of benzene rings is 2. The Morgan fingerprint density at radius 2 is 1.88 bits per heavy atom. The minimum absolute atomic E-state index is 0.00459. The molecule has 1 amide bonds. The highest BCUT2D eigenvalue weighted by Crippen LogP contribution is 2.30. The van der Waals surface area contributed by atoms with Crippen molar-refractivity contribution in [3.8, 4) is 16.2 Å². The maximum atomic E-state index is 13.4. The molecule has 0 radical (unpaired) electrons. The maximum Gasteiger partial charge on any atom is 0.303 e. The van der Waals surface area contributed by atoms with Crippen LogP contribution in [0.3, 0.4) is 0 Å². The number of aliphatic hydroxyl groups is 1. The number of aliphatic hydroxyl groups excluding tert-OH is 1. The van der Waals surface area contributed by atoms with Crippen molar-refractivity contribution in [3.05, 3.63) is 70.9 Å². The normalized spacial score (nSPS) is 18.2. The lowest BCUT2D eigenvalue weighted by Crippen LogP contribution is -2.41. The molecule has 8 nitrogen and oxygen atoms in total. The van der Waals surface area contributed by atoms with E-state index in [2.05, 4.69) is 43.1 Å². The Bertz CT molecular complexity index is 1350. The van der Waals surface area contributed by atoms with Crippen molar-refractivity contribution >= 4 is 29.0 Å². The SMILES string of the molecule is Cc1ncsc1-c1ccc(CC(C)C(C)CC(=O)C2CC(O)CN2C(=O)c2cccc(OCCCC(=O)O)c2)cc1. The van der Waals surface area contributed by atoms with Crippen molar-refractivity contribution in [2.75, 3.05) is 13.2 Å². The fourth-order valence-electron chi connectivity index (χ4n) is 5.24. The number of hydrogen-bond acceptors (Lipinski definition) is 7. The summed E-state index contributed by atoms with van der Waals surface area (Å²) in [5.74, 6) is -0.440. The number of ketones is 1. The van der Waals surface area contributed by atoms with Crippen molar-refractivity contribution < 1.29 is 29.3 Å². The molecule has 218 valence electrons. The molecule has 41 heavy (non-hydrogen) atoms. The quantitative estimate of drug-likeness (QED) is 0.260. The molecule has 0 spiro atoms. The number of aryl methyl sites for hydroxylation is 1. The van der Waals surface area contributed by atoms with Crippen LogP contribution in [-0.4, -0.2) is 63.1 Å². The zero-order valence-corrected chi connectivity index (χ0v) is 24.6. The Kier molecular flexibility index (Phi) is 10.3. The number of carboxylic acid groups (broad SMARTS) is 1. The summed E-state index contributed by atoms with van der Waals surface area (Å²) < 4.78 is 5.61. The number of hydrogen-bond donors (Lipinski definition) is 2. The summed E-state index contributed by atoms with van der Waals surface area (Å²) in [4.78, 5) is 44.5. The molecule has 2 heterocycles. The molecular weight excluding hydrogens is 540 g/mol. The minimum atomic E-state index is -0.888. The number of ether oxygens (including phenoxy) is 1. The van der Waals surface area contributed by atoms with Crippen molar-refractivity contribution in [2.24, 2.45) is 11.8 Å². The van der Waals surface area contributed by atoms with Crippen LogP contribution in [-0.2, 0) is 16.0 Å². The van der Waals surface area contributed by atoms with E-state index < -0.39 is 18.1 Å². The van der Waals surface area contributed by atoms with Gasteiger partial charge in [-0.1, -0.05) is 44.2 Å². The van der Waals surface area contributed by atoms with Gasteiger partial charge in [-0.05, 0) is 60.9 Å². The van der Waals surface area contributed by atoms with Crippen LogP contribution in [0.1, 0.15) is 61.1 Å². The van der Waals surface area contributed by atoms with Gasteiger partial charge in [-0.15, -0.1) is 11.3 Å². The van der Waals surface area contributed by atoms with Gasteiger partial charge in [-0.2, -0.15) is 0 Å². The third-order valence-electron chi connectivity index (χ3n) is 7.81. The predicted octanol–water partition coefficient (Wildman–Crippen LogP) is 5.41. The molecule has 1 saturated heterocycles. The van der Waals surface area contributed by atoms with Crippen LogP contribution in [0.5, 0.6) is 5.75 Å². The number of likely N-dealkylation sites (tertiary alicyclic amines) is 1. The van der Waals surface area contributed by atoms with Crippen molar-refractivity contribution in [1.29, 1.82) is 0 Å². The van der Waals surface area contributed by atoms with Gasteiger partial charge < -0.3 is 19.8 Å². The van der Waals surface area contributed by atoms with Crippen molar-refractivity contribution in [3.63, 3.8) is 0 Å². The number of amides is 1. The van der Waals surface area contributed by atoms with Crippen LogP contribution in [0.2, 0.25) is 0 Å². The third-order valence-corrected chi connectivity index (χ3v) is 8.79. The molecule has 1 fully saturated rings. The van der Waals surface area contributed by atoms with Gasteiger partial charge >= 0.3 is 5.97 Å². The second kappa shape index (κ2) is 13.9. The largest absolute Gasteiger partial charge is 0.494 e. The Balaban J connectivity index is 1.34. The standard InChI is InChI=1S/C32H38N2O6S/c1-20(14-23-9-11-24(12-10-23)31-22(3)33-19-41-31)21(2)15-29(36)28-17-26(35)18-34(28)32(39)25-6-4-7-27(16-25)40-13-5-8-30(37)38/h4,6-7,9-12,16,19-21,26,28,35H,5,8,13-15,17-18H2,1-3H3,(H,37,38). The molecule has 4 atom stereocenters. The number of nitrogens with zero attached hydrogens (tertiary/aromatic N) is 2. The second-order valence-electron chi connectivity index (χ2n) is 11.0. The Morgan fingerprint density at radius 1 is 1.12 bits per heavy atom. The van der Waals surface area contributed by atoms with E-state index in [1.807, 2.05) is 12.4 Å². The van der Waals surface area contributed by atoms with Gasteiger partial charge in [0.25, 0.3) is 5.91 Å². The van der Waals surface area contributed by atoms with E-state index in [0.29, 0.717) is 24.2 Å². The van der Waals surface area contributed by atoms with E-state index in [9.17, 15) is 19.5 Å². The predicted molar refractivity (Wildman–Crippen MR) is 158 cm³/mol. The molecule has 0 bridgehead atoms. The van der Waals surface area contributed by atoms with Gasteiger partial charge in [-0.3, -0.25) is 14.4 Å². The molecule has 2 aromatic carbocycles. The fraction of sp³-hybridized carbons (Fsp3) is 0.438. The van der Waals surface area contributed by atoms with Gasteiger partial charge in [0, 0.05) is 31.4 Å². The number of carboxylic acids is 1. The van der Waals surface area contributed by atoms with E-state index in [1.165, 1.54) is 15.3 Å².